The molecule has 8 heteroatoms. The third kappa shape index (κ3) is 4.85. The number of anilines is 1. The van der Waals surface area contributed by atoms with Gasteiger partial charge < -0.3 is 9.47 Å². The van der Waals surface area contributed by atoms with E-state index in [2.05, 4.69) is 15.3 Å². The number of rotatable bonds is 7. The van der Waals surface area contributed by atoms with Gasteiger partial charge in [-0.15, -0.1) is 11.3 Å². The Morgan fingerprint density at radius 3 is 2.55 bits per heavy atom. The number of nitrogens with zero attached hydrogens (tertiary/aromatic N) is 2. The van der Waals surface area contributed by atoms with Crippen LogP contribution in [0.15, 0.2) is 53.9 Å². The van der Waals surface area contributed by atoms with Crippen molar-refractivity contribution >= 4 is 39.2 Å². The Balaban J connectivity index is 1.43. The van der Waals surface area contributed by atoms with Crippen molar-refractivity contribution < 1.29 is 19.1 Å². The van der Waals surface area contributed by atoms with E-state index in [0.29, 0.717) is 22.5 Å². The van der Waals surface area contributed by atoms with Crippen molar-refractivity contribution in [3.05, 3.63) is 70.7 Å². The maximum Gasteiger partial charge on any atom is 0.339 e. The average Bonchev–Trinajstić information content (AvgIpc) is 3.30. The molecule has 4 aromatic rings. The number of nitrogens with one attached hydrogen (secondary N) is 1. The number of thiazole rings is 1. The molecule has 0 fully saturated rings. The quantitative estimate of drug-likeness (QED) is 0.388. The van der Waals surface area contributed by atoms with E-state index in [-0.39, 0.29) is 0 Å². The highest BCUT2D eigenvalue weighted by atomic mass is 32.1. The minimum atomic E-state index is -0.547. The monoisotopic (exact) mass is 461 g/mol. The Morgan fingerprint density at radius 1 is 1.06 bits per heavy atom. The topological polar surface area (TPSA) is 90.4 Å². The molecule has 2 heterocycles. The number of aromatic nitrogens is 2. The third-order valence-corrected chi connectivity index (χ3v) is 6.00. The molecule has 0 saturated heterocycles. The highest BCUT2D eigenvalue weighted by molar-refractivity contribution is 7.14. The number of para-hydroxylation sites is 1. The number of benzene rings is 2. The van der Waals surface area contributed by atoms with Crippen LogP contribution in [-0.4, -0.2) is 35.6 Å². The van der Waals surface area contributed by atoms with Crippen molar-refractivity contribution in [3.63, 3.8) is 0 Å². The van der Waals surface area contributed by atoms with E-state index in [1.54, 1.807) is 7.11 Å². The van der Waals surface area contributed by atoms with Gasteiger partial charge in [0.2, 0.25) is 0 Å². The van der Waals surface area contributed by atoms with Gasteiger partial charge in [0, 0.05) is 22.0 Å². The molecule has 0 bridgehead atoms. The fraction of sp³-hybridized carbons (Fsp3) is 0.200. The Labute approximate surface area is 195 Å². The molecular weight excluding hydrogens is 438 g/mol. The zero-order valence-corrected chi connectivity index (χ0v) is 19.4. The number of esters is 1. The van der Waals surface area contributed by atoms with Crippen molar-refractivity contribution in [1.29, 1.82) is 0 Å². The van der Waals surface area contributed by atoms with Crippen molar-refractivity contribution in [2.24, 2.45) is 0 Å². The van der Waals surface area contributed by atoms with Crippen molar-refractivity contribution in [2.75, 3.05) is 19.0 Å². The summed E-state index contributed by atoms with van der Waals surface area (Å²) in [5, 5.41) is 5.68. The first-order chi connectivity index (χ1) is 16.0. The lowest BCUT2D eigenvalue weighted by atomic mass is 10.0. The highest BCUT2D eigenvalue weighted by Crippen LogP contribution is 2.27. The van der Waals surface area contributed by atoms with Crippen LogP contribution in [0.2, 0.25) is 0 Å². The number of aryl methyl sites for hydroxylation is 1. The minimum Gasteiger partial charge on any atom is -0.497 e. The Kier molecular flexibility index (Phi) is 6.65. The van der Waals surface area contributed by atoms with Crippen molar-refractivity contribution in [3.8, 4) is 17.0 Å². The normalized spacial score (nSPS) is 10.8. The lowest BCUT2D eigenvalue weighted by Gasteiger charge is -2.13. The van der Waals surface area contributed by atoms with Crippen LogP contribution in [0.5, 0.6) is 5.75 Å². The molecule has 2 aromatic carbocycles. The van der Waals surface area contributed by atoms with Gasteiger partial charge in [-0.1, -0.05) is 25.1 Å². The van der Waals surface area contributed by atoms with Crippen LogP contribution in [0.25, 0.3) is 22.2 Å². The summed E-state index contributed by atoms with van der Waals surface area (Å²) in [6, 6.07) is 14.9. The van der Waals surface area contributed by atoms with Gasteiger partial charge in [-0.2, -0.15) is 0 Å². The van der Waals surface area contributed by atoms with Gasteiger partial charge >= 0.3 is 5.97 Å². The molecule has 0 aliphatic carbocycles. The molecule has 0 saturated carbocycles. The molecule has 4 rings (SSSR count). The predicted octanol–water partition coefficient (Wildman–Crippen LogP) is 5.03. The number of amides is 1. The molecular formula is C25H23N3O4S. The predicted molar refractivity (Wildman–Crippen MR) is 129 cm³/mol. The number of fused-ring (bicyclic) bond motifs is 1. The van der Waals surface area contributed by atoms with Gasteiger partial charge in [0.15, 0.2) is 11.7 Å². The number of hydrogen-bond acceptors (Lipinski definition) is 7. The summed E-state index contributed by atoms with van der Waals surface area (Å²) in [6.07, 6.45) is 0.692. The molecule has 0 unspecified atom stereocenters. The summed E-state index contributed by atoms with van der Waals surface area (Å²) in [5.41, 5.74) is 4.42. The van der Waals surface area contributed by atoms with E-state index in [1.807, 2.05) is 67.8 Å². The molecule has 0 spiro atoms. The molecule has 0 aliphatic rings. The van der Waals surface area contributed by atoms with Crippen LogP contribution < -0.4 is 10.1 Å². The van der Waals surface area contributed by atoms with E-state index in [9.17, 15) is 9.59 Å². The van der Waals surface area contributed by atoms with E-state index in [1.165, 1.54) is 11.3 Å². The van der Waals surface area contributed by atoms with E-state index in [4.69, 9.17) is 9.47 Å². The van der Waals surface area contributed by atoms with E-state index in [0.717, 1.165) is 33.8 Å². The first kappa shape index (κ1) is 22.4. The molecule has 0 radical (unpaired) electrons. The second kappa shape index (κ2) is 9.79. The van der Waals surface area contributed by atoms with Crippen LogP contribution in [-0.2, 0) is 16.0 Å². The van der Waals surface area contributed by atoms with Gasteiger partial charge in [-0.3, -0.25) is 15.1 Å². The van der Waals surface area contributed by atoms with E-state index < -0.39 is 18.5 Å². The lowest BCUT2D eigenvalue weighted by Crippen LogP contribution is -2.21. The maximum absolute atomic E-state index is 12.9. The van der Waals surface area contributed by atoms with Crippen LogP contribution in [0, 0.1) is 6.92 Å². The molecule has 1 amide bonds. The molecule has 1 N–H and O–H groups in total. The van der Waals surface area contributed by atoms with Crippen LogP contribution in [0.4, 0.5) is 5.13 Å². The largest absolute Gasteiger partial charge is 0.497 e. The average molecular weight is 462 g/mol. The van der Waals surface area contributed by atoms with Crippen molar-refractivity contribution in [2.45, 2.75) is 20.3 Å². The molecule has 7 nitrogen and oxygen atoms in total. The molecule has 0 aliphatic heterocycles. The highest BCUT2D eigenvalue weighted by Gasteiger charge is 2.20. The number of hydrogen-bond donors (Lipinski definition) is 1. The Morgan fingerprint density at radius 2 is 1.82 bits per heavy atom. The molecule has 168 valence electrons. The van der Waals surface area contributed by atoms with Gasteiger partial charge in [0.1, 0.15) is 5.75 Å². The number of carbonyl (C=O) groups excluding carboxylic acids is 2. The number of methoxy groups -OCH3 is 1. The summed E-state index contributed by atoms with van der Waals surface area (Å²) >= 11 is 1.30. The smallest absolute Gasteiger partial charge is 0.339 e. The zero-order valence-electron chi connectivity index (χ0n) is 18.5. The third-order valence-electron chi connectivity index (χ3n) is 5.25. The maximum atomic E-state index is 12.9. The Bertz CT molecular complexity index is 1320. The molecule has 0 atom stereocenters. The fourth-order valence-electron chi connectivity index (χ4n) is 3.55. The summed E-state index contributed by atoms with van der Waals surface area (Å²) in [4.78, 5) is 34.4. The SMILES string of the molecule is CCc1nc2ccccc2c(C(=O)OCC(=O)Nc2nc(-c3ccc(OC)cc3)cs2)c1C. The van der Waals surface area contributed by atoms with Gasteiger partial charge in [-0.25, -0.2) is 9.78 Å². The zero-order chi connectivity index (χ0) is 23.4. The Hall–Kier alpha value is -3.78. The lowest BCUT2D eigenvalue weighted by molar-refractivity contribution is -0.119. The van der Waals surface area contributed by atoms with Gasteiger partial charge in [0.05, 0.1) is 23.9 Å². The van der Waals surface area contributed by atoms with Crippen LogP contribution in [0.3, 0.4) is 0 Å². The van der Waals surface area contributed by atoms with Crippen LogP contribution in [0.1, 0.15) is 28.5 Å². The van der Waals surface area contributed by atoms with Gasteiger partial charge in [0.25, 0.3) is 5.91 Å². The first-order valence-corrected chi connectivity index (χ1v) is 11.3. The molecule has 33 heavy (non-hydrogen) atoms. The first-order valence-electron chi connectivity index (χ1n) is 10.4. The van der Waals surface area contributed by atoms with Crippen molar-refractivity contribution in [1.82, 2.24) is 9.97 Å². The van der Waals surface area contributed by atoms with E-state index >= 15 is 0 Å². The number of ether oxygens (including phenoxy) is 2. The number of pyridine rings is 1. The number of carbonyl (C=O) groups is 2. The minimum absolute atomic E-state index is 0.409. The summed E-state index contributed by atoms with van der Waals surface area (Å²) in [6.45, 7) is 3.43. The second-order valence-electron chi connectivity index (χ2n) is 7.32. The molecule has 2 aromatic heterocycles. The standard InChI is InChI=1S/C25H23N3O4S/c1-4-19-15(2)23(18-7-5-6-8-20(18)26-19)24(30)32-13-22(29)28-25-27-21(14-33-25)16-9-11-17(31-3)12-10-16/h5-12,14H,4,13H2,1-3H3,(H,27,28,29). The summed E-state index contributed by atoms with van der Waals surface area (Å²) < 4.78 is 10.5. The summed E-state index contributed by atoms with van der Waals surface area (Å²) in [7, 11) is 1.61. The van der Waals surface area contributed by atoms with Gasteiger partial charge in [-0.05, 0) is 49.2 Å². The fourth-order valence-corrected chi connectivity index (χ4v) is 4.29. The summed E-state index contributed by atoms with van der Waals surface area (Å²) in [5.74, 6) is -0.243. The second-order valence-corrected chi connectivity index (χ2v) is 8.18. The van der Waals surface area contributed by atoms with Crippen LogP contribution >= 0.6 is 11.3 Å².